The Balaban J connectivity index is 1.22. The van der Waals surface area contributed by atoms with Gasteiger partial charge in [-0.3, -0.25) is 4.79 Å². The molecular formula is C33H28FN3O3. The SMILES string of the molecule is CCOC(=O)C1(c2ccc(-c3ccc(-c4onc(C)c4Nc4cccc(-c5ccccc5F)n4)cc3)cc2)CC1. The zero-order valence-corrected chi connectivity index (χ0v) is 22.3. The van der Waals surface area contributed by atoms with Gasteiger partial charge < -0.3 is 14.6 Å². The van der Waals surface area contributed by atoms with Crippen LogP contribution in [0.15, 0.2) is 95.5 Å². The van der Waals surface area contributed by atoms with Gasteiger partial charge in [-0.25, -0.2) is 9.37 Å². The second kappa shape index (κ2) is 10.4. The Labute approximate surface area is 231 Å². The van der Waals surface area contributed by atoms with Crippen molar-refractivity contribution < 1.29 is 18.4 Å². The second-order valence-electron chi connectivity index (χ2n) is 9.94. The maximum Gasteiger partial charge on any atom is 0.316 e. The third-order valence-electron chi connectivity index (χ3n) is 7.35. The molecule has 1 aliphatic rings. The lowest BCUT2D eigenvalue weighted by Gasteiger charge is -2.14. The van der Waals surface area contributed by atoms with E-state index in [2.05, 4.69) is 15.5 Å². The average Bonchev–Trinajstić information content (AvgIpc) is 3.72. The quantitative estimate of drug-likeness (QED) is 0.205. The van der Waals surface area contributed by atoms with Crippen LogP contribution in [-0.2, 0) is 14.9 Å². The molecule has 0 atom stereocenters. The van der Waals surface area contributed by atoms with Crippen LogP contribution in [0.3, 0.4) is 0 Å². The highest BCUT2D eigenvalue weighted by molar-refractivity contribution is 5.87. The fraction of sp³-hybridized carbons (Fsp3) is 0.182. The zero-order valence-electron chi connectivity index (χ0n) is 22.3. The van der Waals surface area contributed by atoms with Crippen LogP contribution in [0.2, 0.25) is 0 Å². The Morgan fingerprint density at radius 1 is 0.925 bits per heavy atom. The number of rotatable bonds is 8. The van der Waals surface area contributed by atoms with E-state index >= 15 is 0 Å². The molecule has 3 aromatic carbocycles. The van der Waals surface area contributed by atoms with Crippen molar-refractivity contribution in [1.29, 1.82) is 0 Å². The number of hydrogen-bond acceptors (Lipinski definition) is 6. The van der Waals surface area contributed by atoms with Gasteiger partial charge >= 0.3 is 5.97 Å². The topological polar surface area (TPSA) is 77.2 Å². The number of nitrogens with one attached hydrogen (secondary N) is 1. The van der Waals surface area contributed by atoms with Gasteiger partial charge in [-0.15, -0.1) is 0 Å². The van der Waals surface area contributed by atoms with E-state index in [1.165, 1.54) is 6.07 Å². The molecule has 2 heterocycles. The van der Waals surface area contributed by atoms with E-state index in [-0.39, 0.29) is 11.8 Å². The van der Waals surface area contributed by atoms with Crippen LogP contribution in [-0.4, -0.2) is 22.7 Å². The molecule has 1 fully saturated rings. The molecule has 1 saturated carbocycles. The molecule has 200 valence electrons. The number of carbonyl (C=O) groups is 1. The number of hydrogen-bond donors (Lipinski definition) is 1. The molecular weight excluding hydrogens is 505 g/mol. The number of anilines is 2. The van der Waals surface area contributed by atoms with Crippen LogP contribution in [0.1, 0.15) is 31.0 Å². The number of aromatic nitrogens is 2. The Hall–Kier alpha value is -4.78. The zero-order chi connectivity index (χ0) is 27.7. The van der Waals surface area contributed by atoms with Crippen LogP contribution in [0.25, 0.3) is 33.7 Å². The fourth-order valence-electron chi connectivity index (χ4n) is 4.97. The lowest BCUT2D eigenvalue weighted by atomic mass is 9.93. The van der Waals surface area contributed by atoms with E-state index in [1.807, 2.05) is 74.5 Å². The maximum atomic E-state index is 14.3. The molecule has 1 N–H and O–H groups in total. The third kappa shape index (κ3) is 4.75. The third-order valence-corrected chi connectivity index (χ3v) is 7.35. The predicted molar refractivity (Wildman–Crippen MR) is 153 cm³/mol. The number of carbonyl (C=O) groups excluding carboxylic acids is 1. The number of aryl methyl sites for hydroxylation is 1. The summed E-state index contributed by atoms with van der Waals surface area (Å²) in [6.07, 6.45) is 1.66. The Morgan fingerprint density at radius 2 is 1.60 bits per heavy atom. The normalized spacial score (nSPS) is 13.6. The first-order valence-corrected chi connectivity index (χ1v) is 13.3. The van der Waals surface area contributed by atoms with Gasteiger partial charge in [0.1, 0.15) is 23.0 Å². The minimum atomic E-state index is -0.477. The summed E-state index contributed by atoms with van der Waals surface area (Å²) in [4.78, 5) is 17.0. The summed E-state index contributed by atoms with van der Waals surface area (Å²) in [7, 11) is 0. The van der Waals surface area contributed by atoms with Crippen LogP contribution < -0.4 is 5.32 Å². The first-order chi connectivity index (χ1) is 19.5. The molecule has 6 rings (SSSR count). The number of pyridine rings is 1. The van der Waals surface area contributed by atoms with Gasteiger partial charge in [0.05, 0.1) is 17.7 Å². The van der Waals surface area contributed by atoms with E-state index in [0.717, 1.165) is 35.1 Å². The summed E-state index contributed by atoms with van der Waals surface area (Å²) in [5.74, 6) is 0.687. The molecule has 7 heteroatoms. The minimum Gasteiger partial charge on any atom is -0.465 e. The summed E-state index contributed by atoms with van der Waals surface area (Å²) in [5.41, 5.74) is 5.83. The molecule has 0 bridgehead atoms. The van der Waals surface area contributed by atoms with E-state index in [4.69, 9.17) is 9.26 Å². The van der Waals surface area contributed by atoms with Crippen LogP contribution in [0.4, 0.5) is 15.9 Å². The van der Waals surface area contributed by atoms with Gasteiger partial charge in [0, 0.05) is 11.1 Å². The van der Waals surface area contributed by atoms with Crippen molar-refractivity contribution in [3.63, 3.8) is 0 Å². The van der Waals surface area contributed by atoms with E-state index in [0.29, 0.717) is 40.8 Å². The number of nitrogens with zero attached hydrogens (tertiary/aromatic N) is 2. The first-order valence-electron chi connectivity index (χ1n) is 13.3. The van der Waals surface area contributed by atoms with Crippen molar-refractivity contribution in [1.82, 2.24) is 10.1 Å². The molecule has 1 aliphatic carbocycles. The van der Waals surface area contributed by atoms with Gasteiger partial charge in [0.2, 0.25) is 0 Å². The van der Waals surface area contributed by atoms with Crippen molar-refractivity contribution in [2.45, 2.75) is 32.1 Å². The van der Waals surface area contributed by atoms with Gasteiger partial charge in [-0.05, 0) is 67.6 Å². The highest BCUT2D eigenvalue weighted by Crippen LogP contribution is 2.49. The smallest absolute Gasteiger partial charge is 0.316 e. The minimum absolute atomic E-state index is 0.131. The Bertz CT molecular complexity index is 1670. The van der Waals surface area contributed by atoms with Crippen LogP contribution in [0.5, 0.6) is 0 Å². The standard InChI is InChI=1S/C33H28FN3O3/c1-3-39-32(38)33(19-20-33)25-17-15-23(16-18-25)22-11-13-24(14-12-22)31-30(21(2)37-40-31)36-29-10-6-9-28(35-29)26-7-4-5-8-27(26)34/h4-18H,3,19-20H2,1-2H3,(H,35,36). The van der Waals surface area contributed by atoms with Gasteiger partial charge in [0.25, 0.3) is 0 Å². The van der Waals surface area contributed by atoms with E-state index in [1.54, 1.807) is 24.3 Å². The van der Waals surface area contributed by atoms with Crippen LogP contribution >= 0.6 is 0 Å². The van der Waals surface area contributed by atoms with Gasteiger partial charge in [-0.1, -0.05) is 71.9 Å². The van der Waals surface area contributed by atoms with Crippen molar-refractivity contribution >= 4 is 17.5 Å². The average molecular weight is 534 g/mol. The van der Waals surface area contributed by atoms with Crippen molar-refractivity contribution in [2.75, 3.05) is 11.9 Å². The highest BCUT2D eigenvalue weighted by atomic mass is 19.1. The summed E-state index contributed by atoms with van der Waals surface area (Å²) in [6.45, 7) is 4.08. The van der Waals surface area contributed by atoms with Crippen molar-refractivity contribution in [3.05, 3.63) is 108 Å². The molecule has 0 aliphatic heterocycles. The molecule has 2 aromatic heterocycles. The summed E-state index contributed by atoms with van der Waals surface area (Å²) in [6, 6.07) is 28.2. The molecule has 40 heavy (non-hydrogen) atoms. The van der Waals surface area contributed by atoms with Crippen molar-refractivity contribution in [2.24, 2.45) is 0 Å². The molecule has 5 aromatic rings. The van der Waals surface area contributed by atoms with E-state index < -0.39 is 5.41 Å². The number of ether oxygens (including phenoxy) is 1. The molecule has 0 amide bonds. The van der Waals surface area contributed by atoms with E-state index in [9.17, 15) is 9.18 Å². The lowest BCUT2D eigenvalue weighted by Crippen LogP contribution is -2.23. The first kappa shape index (κ1) is 25.5. The number of esters is 1. The van der Waals surface area contributed by atoms with Crippen LogP contribution in [0, 0.1) is 12.7 Å². The van der Waals surface area contributed by atoms with Crippen molar-refractivity contribution in [3.8, 4) is 33.7 Å². The maximum absolute atomic E-state index is 14.3. The number of benzene rings is 3. The lowest BCUT2D eigenvalue weighted by molar-refractivity contribution is -0.146. The van der Waals surface area contributed by atoms with Gasteiger partial charge in [-0.2, -0.15) is 0 Å². The summed E-state index contributed by atoms with van der Waals surface area (Å²) in [5, 5.41) is 7.48. The second-order valence-corrected chi connectivity index (χ2v) is 9.94. The molecule has 0 saturated heterocycles. The highest BCUT2D eigenvalue weighted by Gasteiger charge is 2.52. The molecule has 0 spiro atoms. The monoisotopic (exact) mass is 533 g/mol. The predicted octanol–water partition coefficient (Wildman–Crippen LogP) is 7.86. The Kier molecular flexibility index (Phi) is 6.64. The molecule has 6 nitrogen and oxygen atoms in total. The number of halogens is 1. The molecule has 0 radical (unpaired) electrons. The summed E-state index contributed by atoms with van der Waals surface area (Å²) >= 11 is 0. The molecule has 0 unspecified atom stereocenters. The Morgan fingerprint density at radius 3 is 2.27 bits per heavy atom. The fourth-order valence-corrected chi connectivity index (χ4v) is 4.97. The van der Waals surface area contributed by atoms with Gasteiger partial charge in [0.15, 0.2) is 5.76 Å². The summed E-state index contributed by atoms with van der Waals surface area (Å²) < 4.78 is 25.3. The largest absolute Gasteiger partial charge is 0.465 e.